The van der Waals surface area contributed by atoms with Crippen molar-refractivity contribution in [2.24, 2.45) is 0 Å². The van der Waals surface area contributed by atoms with Crippen molar-refractivity contribution in [1.29, 1.82) is 0 Å². The van der Waals surface area contributed by atoms with Gasteiger partial charge in [-0.1, -0.05) is 44.2 Å². The number of nitrogens with zero attached hydrogens (tertiary/aromatic N) is 1. The van der Waals surface area contributed by atoms with Crippen LogP contribution in [0.15, 0.2) is 30.3 Å². The first-order valence-electron chi connectivity index (χ1n) is 6.26. The normalized spacial score (nSPS) is 11.6. The molecule has 0 radical (unpaired) electrons. The molecule has 86 valence electrons. The summed E-state index contributed by atoms with van der Waals surface area (Å²) in [5.74, 6) is 0.675. The fourth-order valence-corrected chi connectivity index (χ4v) is 1.86. The maximum absolute atomic E-state index is 4.24. The molecule has 0 aliphatic rings. The van der Waals surface area contributed by atoms with Gasteiger partial charge in [0, 0.05) is 12.8 Å². The van der Waals surface area contributed by atoms with E-state index < -0.39 is 0 Å². The summed E-state index contributed by atoms with van der Waals surface area (Å²) in [6.07, 6.45) is 8.49. The maximum atomic E-state index is 4.24. The third-order valence-electron chi connectivity index (χ3n) is 2.80. The smallest absolute Gasteiger partial charge is 0.111 e. The second kappa shape index (κ2) is 7.90. The zero-order valence-electron chi connectivity index (χ0n) is 10.4. The molecular formula is C15H22N+. The van der Waals surface area contributed by atoms with E-state index in [0.717, 1.165) is 12.8 Å². The molecule has 0 amide bonds. The highest BCUT2D eigenvalue weighted by atomic mass is 14.5. The third kappa shape index (κ3) is 4.46. The Morgan fingerprint density at radius 2 is 1.88 bits per heavy atom. The van der Waals surface area contributed by atoms with Gasteiger partial charge in [-0.3, -0.25) is 0 Å². The second-order valence-corrected chi connectivity index (χ2v) is 4.02. The SMILES string of the molecule is CCC=[N+]=CCC[C@H](CC)c1ccccc1. The van der Waals surface area contributed by atoms with Crippen LogP contribution in [-0.4, -0.2) is 12.4 Å². The average Bonchev–Trinajstić information content (AvgIpc) is 2.35. The van der Waals surface area contributed by atoms with Crippen LogP contribution >= 0.6 is 0 Å². The van der Waals surface area contributed by atoms with Crippen LogP contribution in [0, 0.1) is 0 Å². The highest BCUT2D eigenvalue weighted by molar-refractivity contribution is 5.65. The first-order valence-corrected chi connectivity index (χ1v) is 6.26. The van der Waals surface area contributed by atoms with Crippen LogP contribution in [0.5, 0.6) is 0 Å². The molecule has 0 N–H and O–H groups in total. The van der Waals surface area contributed by atoms with Gasteiger partial charge in [0.15, 0.2) is 0 Å². The molecule has 1 aromatic carbocycles. The van der Waals surface area contributed by atoms with Crippen molar-refractivity contribution in [1.82, 2.24) is 4.67 Å². The third-order valence-corrected chi connectivity index (χ3v) is 2.80. The highest BCUT2D eigenvalue weighted by Gasteiger charge is 2.08. The Kier molecular flexibility index (Phi) is 6.29. The predicted molar refractivity (Wildman–Crippen MR) is 73.3 cm³/mol. The standard InChI is InChI=1S/C15H22N/c1-3-12-16-13-8-11-14(4-2)15-9-6-5-7-10-15/h5-7,9-10,12-14H,3-4,8,11H2,1-2H3/q+1/t14-/m0/s1. The fraction of sp³-hybridized carbons (Fsp3) is 0.467. The number of benzene rings is 1. The molecule has 1 aromatic rings. The van der Waals surface area contributed by atoms with Crippen molar-refractivity contribution in [3.63, 3.8) is 0 Å². The van der Waals surface area contributed by atoms with Crippen molar-refractivity contribution in [2.45, 2.75) is 45.4 Å². The molecule has 0 bridgehead atoms. The summed E-state index contributed by atoms with van der Waals surface area (Å²) in [5.41, 5.74) is 1.46. The lowest BCUT2D eigenvalue weighted by atomic mass is 9.92. The van der Waals surface area contributed by atoms with Crippen LogP contribution in [0.1, 0.15) is 51.0 Å². The van der Waals surface area contributed by atoms with Gasteiger partial charge < -0.3 is 0 Å². The van der Waals surface area contributed by atoms with Gasteiger partial charge in [0.25, 0.3) is 12.4 Å². The second-order valence-electron chi connectivity index (χ2n) is 4.02. The van der Waals surface area contributed by atoms with Crippen LogP contribution in [0.4, 0.5) is 0 Å². The van der Waals surface area contributed by atoms with Gasteiger partial charge in [0.2, 0.25) is 0 Å². The van der Waals surface area contributed by atoms with Crippen LogP contribution < -0.4 is 4.67 Å². The van der Waals surface area contributed by atoms with E-state index in [2.05, 4.69) is 48.8 Å². The Balaban J connectivity index is 2.47. The summed E-state index contributed by atoms with van der Waals surface area (Å²) in [6.45, 7) is 4.36. The zero-order chi connectivity index (χ0) is 11.6. The van der Waals surface area contributed by atoms with E-state index in [9.17, 15) is 0 Å². The van der Waals surface area contributed by atoms with E-state index in [4.69, 9.17) is 0 Å². The molecule has 0 aliphatic carbocycles. The van der Waals surface area contributed by atoms with E-state index in [1.165, 1.54) is 18.4 Å². The first kappa shape index (κ1) is 12.7. The zero-order valence-corrected chi connectivity index (χ0v) is 10.4. The molecule has 0 heterocycles. The molecule has 0 aromatic heterocycles. The average molecular weight is 216 g/mol. The molecule has 0 spiro atoms. The Labute approximate surface area is 99.0 Å². The molecule has 16 heavy (non-hydrogen) atoms. The fourth-order valence-electron chi connectivity index (χ4n) is 1.86. The summed E-state index contributed by atoms with van der Waals surface area (Å²) in [6, 6.07) is 10.8. The highest BCUT2D eigenvalue weighted by Crippen LogP contribution is 2.23. The Morgan fingerprint density at radius 3 is 2.50 bits per heavy atom. The summed E-state index contributed by atoms with van der Waals surface area (Å²) in [4.78, 5) is 0. The Morgan fingerprint density at radius 1 is 1.12 bits per heavy atom. The summed E-state index contributed by atoms with van der Waals surface area (Å²) in [5, 5.41) is 0. The molecular weight excluding hydrogens is 194 g/mol. The molecule has 1 heteroatoms. The van der Waals surface area contributed by atoms with Crippen molar-refractivity contribution >= 4 is 12.4 Å². The predicted octanol–water partition coefficient (Wildman–Crippen LogP) is 3.58. The van der Waals surface area contributed by atoms with E-state index in [1.807, 2.05) is 12.4 Å². The topological polar surface area (TPSA) is 14.1 Å². The number of hydrogen-bond acceptors (Lipinski definition) is 0. The molecule has 1 atom stereocenters. The molecule has 0 aliphatic heterocycles. The maximum Gasteiger partial charge on any atom is 0.268 e. The van der Waals surface area contributed by atoms with Gasteiger partial charge in [-0.05, 0) is 24.3 Å². The van der Waals surface area contributed by atoms with Crippen LogP contribution in [0.25, 0.3) is 0 Å². The van der Waals surface area contributed by atoms with Gasteiger partial charge in [-0.25, -0.2) is 0 Å². The van der Waals surface area contributed by atoms with E-state index in [-0.39, 0.29) is 0 Å². The van der Waals surface area contributed by atoms with Crippen molar-refractivity contribution in [2.75, 3.05) is 0 Å². The van der Waals surface area contributed by atoms with Gasteiger partial charge in [0.1, 0.15) is 0 Å². The lowest BCUT2D eigenvalue weighted by molar-refractivity contribution is 0.624. The van der Waals surface area contributed by atoms with Crippen molar-refractivity contribution in [3.05, 3.63) is 35.9 Å². The van der Waals surface area contributed by atoms with Crippen LogP contribution in [0.2, 0.25) is 0 Å². The minimum absolute atomic E-state index is 0.675. The number of hydrogen-bond donors (Lipinski definition) is 0. The monoisotopic (exact) mass is 216 g/mol. The van der Waals surface area contributed by atoms with Crippen molar-refractivity contribution < 1.29 is 0 Å². The van der Waals surface area contributed by atoms with Gasteiger partial charge >= 0.3 is 0 Å². The van der Waals surface area contributed by atoms with Gasteiger partial charge in [0.05, 0.1) is 0 Å². The quantitative estimate of drug-likeness (QED) is 0.510. The van der Waals surface area contributed by atoms with Crippen LogP contribution in [0.3, 0.4) is 0 Å². The summed E-state index contributed by atoms with van der Waals surface area (Å²) < 4.78 is 4.24. The molecule has 0 fully saturated rings. The minimum Gasteiger partial charge on any atom is -0.111 e. The van der Waals surface area contributed by atoms with Gasteiger partial charge in [-0.2, -0.15) is 0 Å². The molecule has 0 saturated heterocycles. The number of rotatable bonds is 6. The Hall–Kier alpha value is -1.33. The largest absolute Gasteiger partial charge is 0.268 e. The van der Waals surface area contributed by atoms with Crippen LogP contribution in [-0.2, 0) is 0 Å². The lowest BCUT2D eigenvalue weighted by Crippen LogP contribution is -1.98. The van der Waals surface area contributed by atoms with Gasteiger partial charge in [-0.15, -0.1) is 4.67 Å². The Bertz CT molecular complexity index is 334. The molecule has 1 nitrogen and oxygen atoms in total. The lowest BCUT2D eigenvalue weighted by Gasteiger charge is -2.12. The van der Waals surface area contributed by atoms with E-state index in [1.54, 1.807) is 0 Å². The minimum atomic E-state index is 0.675. The molecule has 0 unspecified atom stereocenters. The van der Waals surface area contributed by atoms with E-state index in [0.29, 0.717) is 5.92 Å². The first-order chi connectivity index (χ1) is 7.88. The van der Waals surface area contributed by atoms with E-state index >= 15 is 0 Å². The summed E-state index contributed by atoms with van der Waals surface area (Å²) in [7, 11) is 0. The molecule has 1 rings (SSSR count). The molecule has 0 saturated carbocycles. The van der Waals surface area contributed by atoms with Crippen molar-refractivity contribution in [3.8, 4) is 0 Å². The summed E-state index contributed by atoms with van der Waals surface area (Å²) >= 11 is 0.